The number of hydrogen-bond acceptors (Lipinski definition) is 8. The van der Waals surface area contributed by atoms with E-state index in [9.17, 15) is 22.8 Å². The van der Waals surface area contributed by atoms with Crippen LogP contribution in [0.4, 0.5) is 0 Å². The number of nitrogens with one attached hydrogen (secondary N) is 1. The quantitative estimate of drug-likeness (QED) is 0.430. The zero-order valence-electron chi connectivity index (χ0n) is 26.9. The van der Waals surface area contributed by atoms with Crippen LogP contribution in [0.15, 0.2) is 29.2 Å². The number of rotatable bonds is 8. The Morgan fingerprint density at radius 2 is 1.75 bits per heavy atom. The first-order valence-corrected chi connectivity index (χ1v) is 17.4. The molecule has 4 saturated heterocycles. The van der Waals surface area contributed by atoms with Gasteiger partial charge in [-0.3, -0.25) is 14.4 Å². The summed E-state index contributed by atoms with van der Waals surface area (Å²) >= 11 is 0. The SMILES string of the molecule is Cc1ccc(S(=O)(=O)CNC(=O)CN(C(=O)CCN2C(=O)[C@H](C)C3CC[C@H](C)C4CC[C@]5(C)OO[C@]43C2O5)C(C)(C)C)cc1. The Morgan fingerprint density at radius 1 is 1.07 bits per heavy atom. The minimum Gasteiger partial charge on any atom is -0.340 e. The Balaban J connectivity index is 1.29. The molecule has 4 heterocycles. The minimum absolute atomic E-state index is 0.0386. The molecule has 7 atom stereocenters. The van der Waals surface area contributed by atoms with Gasteiger partial charge in [-0.1, -0.05) is 31.5 Å². The molecular formula is C32H47N3O8S. The molecular weight excluding hydrogens is 586 g/mol. The smallest absolute Gasteiger partial charge is 0.240 e. The number of piperidine rings is 1. The van der Waals surface area contributed by atoms with Crippen LogP contribution >= 0.6 is 0 Å². The summed E-state index contributed by atoms with van der Waals surface area (Å²) in [6, 6.07) is 6.40. The predicted octanol–water partition coefficient (Wildman–Crippen LogP) is 3.55. The van der Waals surface area contributed by atoms with Gasteiger partial charge in [0.2, 0.25) is 23.5 Å². The number of amides is 3. The Morgan fingerprint density at radius 3 is 2.41 bits per heavy atom. The lowest BCUT2D eigenvalue weighted by atomic mass is 9.57. The standard InChI is InChI=1S/C32H47N3O8S/c1-20-8-11-23(12-9-20)44(39,40)19-33-26(36)18-35(30(4,5)6)27(37)15-17-34-28(38)22(3)25-13-10-21(2)24-14-16-31(7)41-29(34)32(24,25)43-42-31/h8-9,11-12,21-22,24-25,29H,10,13-19H2,1-7H3,(H,33,36)/t21-,22+,24?,25?,29?,31-,32+/m0/s1. The molecule has 1 saturated carbocycles. The van der Waals surface area contributed by atoms with Gasteiger partial charge < -0.3 is 19.9 Å². The van der Waals surface area contributed by atoms with E-state index in [-0.39, 0.29) is 54.0 Å². The second-order valence-corrected chi connectivity index (χ2v) is 16.3. The Labute approximate surface area is 260 Å². The molecule has 1 aliphatic carbocycles. The van der Waals surface area contributed by atoms with Crippen LogP contribution in [0.1, 0.15) is 79.2 Å². The molecule has 0 aromatic heterocycles. The van der Waals surface area contributed by atoms with E-state index in [1.165, 1.54) is 17.0 Å². The van der Waals surface area contributed by atoms with Crippen LogP contribution in [-0.2, 0) is 38.7 Å². The lowest BCUT2D eigenvalue weighted by Gasteiger charge is -2.61. The number of nitrogens with zero attached hydrogens (tertiary/aromatic N) is 2. The van der Waals surface area contributed by atoms with Crippen LogP contribution in [0.5, 0.6) is 0 Å². The van der Waals surface area contributed by atoms with Crippen molar-refractivity contribution in [3.63, 3.8) is 0 Å². The van der Waals surface area contributed by atoms with Crippen LogP contribution in [0.2, 0.25) is 0 Å². The highest BCUT2D eigenvalue weighted by Crippen LogP contribution is 2.60. The van der Waals surface area contributed by atoms with E-state index >= 15 is 0 Å². The number of hydrogen-bond donors (Lipinski definition) is 1. The maximum absolute atomic E-state index is 13.8. The van der Waals surface area contributed by atoms with Crippen LogP contribution < -0.4 is 5.32 Å². The van der Waals surface area contributed by atoms with Gasteiger partial charge in [-0.15, -0.1) is 0 Å². The van der Waals surface area contributed by atoms with Crippen molar-refractivity contribution in [1.82, 2.24) is 15.1 Å². The maximum Gasteiger partial charge on any atom is 0.240 e. The van der Waals surface area contributed by atoms with E-state index in [1.54, 1.807) is 17.0 Å². The molecule has 12 heteroatoms. The lowest BCUT2D eigenvalue weighted by molar-refractivity contribution is -0.547. The molecule has 2 bridgehead atoms. The third-order valence-electron chi connectivity index (χ3n) is 10.2. The monoisotopic (exact) mass is 633 g/mol. The normalized spacial score (nSPS) is 33.4. The molecule has 1 N–H and O–H groups in total. The van der Waals surface area contributed by atoms with Crippen molar-refractivity contribution in [2.24, 2.45) is 23.7 Å². The zero-order valence-corrected chi connectivity index (χ0v) is 27.7. The van der Waals surface area contributed by atoms with E-state index < -0.39 is 44.8 Å². The number of likely N-dealkylation sites (tertiary alicyclic amines) is 1. The van der Waals surface area contributed by atoms with Gasteiger partial charge in [-0.25, -0.2) is 18.2 Å². The molecule has 5 aliphatic rings. The summed E-state index contributed by atoms with van der Waals surface area (Å²) in [5, 5.41) is 2.47. The number of fused-ring (bicyclic) bond motifs is 2. The fourth-order valence-electron chi connectivity index (χ4n) is 7.64. The third kappa shape index (κ3) is 5.90. The summed E-state index contributed by atoms with van der Waals surface area (Å²) in [7, 11) is -3.75. The van der Waals surface area contributed by atoms with Gasteiger partial charge in [-0.05, 0) is 77.8 Å². The fourth-order valence-corrected chi connectivity index (χ4v) is 8.70. The molecule has 0 radical (unpaired) electrons. The Bertz CT molecular complexity index is 1390. The maximum atomic E-state index is 13.8. The number of carbonyl (C=O) groups is 3. The molecule has 4 aliphatic heterocycles. The van der Waals surface area contributed by atoms with Crippen molar-refractivity contribution in [3.8, 4) is 0 Å². The van der Waals surface area contributed by atoms with Gasteiger partial charge in [0.25, 0.3) is 0 Å². The number of carbonyl (C=O) groups excluding carboxylic acids is 3. The van der Waals surface area contributed by atoms with Gasteiger partial charge in [-0.2, -0.15) is 0 Å². The van der Waals surface area contributed by atoms with Crippen LogP contribution in [0.25, 0.3) is 0 Å². The van der Waals surface area contributed by atoms with E-state index in [0.717, 1.165) is 24.8 Å². The average Bonchev–Trinajstić information content (AvgIpc) is 3.19. The number of aryl methyl sites for hydroxylation is 1. The van der Waals surface area contributed by atoms with Crippen molar-refractivity contribution in [1.29, 1.82) is 0 Å². The summed E-state index contributed by atoms with van der Waals surface area (Å²) in [6.45, 7) is 13.1. The van der Waals surface area contributed by atoms with E-state index in [2.05, 4.69) is 12.2 Å². The van der Waals surface area contributed by atoms with Crippen molar-refractivity contribution < 1.29 is 37.3 Å². The highest BCUT2D eigenvalue weighted by Gasteiger charge is 2.70. The summed E-state index contributed by atoms with van der Waals surface area (Å²) in [6.07, 6.45) is 2.64. The average molecular weight is 634 g/mol. The van der Waals surface area contributed by atoms with Crippen molar-refractivity contribution >= 4 is 27.6 Å². The van der Waals surface area contributed by atoms with Gasteiger partial charge in [0, 0.05) is 36.8 Å². The number of benzene rings is 1. The molecule has 1 aromatic carbocycles. The van der Waals surface area contributed by atoms with Gasteiger partial charge in [0.15, 0.2) is 21.7 Å². The van der Waals surface area contributed by atoms with Crippen molar-refractivity contribution in [2.75, 3.05) is 19.0 Å². The van der Waals surface area contributed by atoms with Crippen LogP contribution in [0, 0.1) is 30.6 Å². The number of ether oxygens (including phenoxy) is 1. The van der Waals surface area contributed by atoms with Gasteiger partial charge in [0.05, 0.1) is 4.90 Å². The lowest BCUT2D eigenvalue weighted by Crippen LogP contribution is -2.75. The highest BCUT2D eigenvalue weighted by atomic mass is 32.2. The second-order valence-electron chi connectivity index (χ2n) is 14.3. The first kappa shape index (κ1) is 32.8. The molecule has 3 amide bonds. The largest absolute Gasteiger partial charge is 0.340 e. The van der Waals surface area contributed by atoms with Crippen molar-refractivity contribution in [3.05, 3.63) is 29.8 Å². The van der Waals surface area contributed by atoms with E-state index in [4.69, 9.17) is 14.5 Å². The van der Waals surface area contributed by atoms with Gasteiger partial charge in [0.1, 0.15) is 12.4 Å². The molecule has 5 fully saturated rings. The molecule has 1 spiro atoms. The molecule has 1 aromatic rings. The van der Waals surface area contributed by atoms with E-state index in [1.807, 2.05) is 41.5 Å². The van der Waals surface area contributed by atoms with Crippen LogP contribution in [0.3, 0.4) is 0 Å². The first-order valence-electron chi connectivity index (χ1n) is 15.7. The Hall–Kier alpha value is -2.54. The molecule has 44 heavy (non-hydrogen) atoms. The van der Waals surface area contributed by atoms with Gasteiger partial charge >= 0.3 is 0 Å². The number of sulfone groups is 1. The van der Waals surface area contributed by atoms with Crippen molar-refractivity contribution in [2.45, 2.75) is 109 Å². The molecule has 6 rings (SSSR count). The summed E-state index contributed by atoms with van der Waals surface area (Å²) < 4.78 is 32.0. The summed E-state index contributed by atoms with van der Waals surface area (Å²) in [4.78, 5) is 55.9. The molecule has 11 nitrogen and oxygen atoms in total. The molecule has 244 valence electrons. The summed E-state index contributed by atoms with van der Waals surface area (Å²) in [5.74, 6) is -2.43. The fraction of sp³-hybridized carbons (Fsp3) is 0.719. The van der Waals surface area contributed by atoms with E-state index in [0.29, 0.717) is 12.3 Å². The molecule has 3 unspecified atom stereocenters. The minimum atomic E-state index is -3.75. The topological polar surface area (TPSA) is 132 Å². The first-order chi connectivity index (χ1) is 20.5. The summed E-state index contributed by atoms with van der Waals surface area (Å²) in [5.41, 5.74) is -0.621. The Kier molecular flexibility index (Phi) is 8.71. The van der Waals surface area contributed by atoms with Crippen LogP contribution in [-0.4, -0.2) is 78.1 Å². The highest BCUT2D eigenvalue weighted by molar-refractivity contribution is 7.91. The third-order valence-corrected chi connectivity index (χ3v) is 11.7. The second kappa shape index (κ2) is 11.7. The predicted molar refractivity (Wildman–Crippen MR) is 161 cm³/mol. The zero-order chi connectivity index (χ0) is 32.2.